The van der Waals surface area contributed by atoms with Crippen LogP contribution in [0, 0.1) is 25.1 Å². The van der Waals surface area contributed by atoms with Crippen LogP contribution < -0.4 is 14.5 Å². The van der Waals surface area contributed by atoms with Gasteiger partial charge >= 0.3 is 5.97 Å². The van der Waals surface area contributed by atoms with Crippen molar-refractivity contribution in [2.75, 3.05) is 43.1 Å². The molecule has 0 saturated carbocycles. The predicted molar refractivity (Wildman–Crippen MR) is 169 cm³/mol. The third-order valence-electron chi connectivity index (χ3n) is 7.97. The van der Waals surface area contributed by atoms with Gasteiger partial charge in [-0.3, -0.25) is 4.98 Å². The number of anilines is 2. The van der Waals surface area contributed by atoms with Gasteiger partial charge in [0, 0.05) is 61.0 Å². The number of halogens is 1. The van der Waals surface area contributed by atoms with Crippen LogP contribution in [0.1, 0.15) is 70.4 Å². The van der Waals surface area contributed by atoms with Gasteiger partial charge in [-0.15, -0.1) is 0 Å². The quantitative estimate of drug-likeness (QED) is 0.270. The molecule has 0 aliphatic carbocycles. The van der Waals surface area contributed by atoms with Crippen molar-refractivity contribution in [3.63, 3.8) is 0 Å². The number of pyridine rings is 2. The Morgan fingerprint density at radius 3 is 2.40 bits per heavy atom. The molecule has 0 amide bonds. The van der Waals surface area contributed by atoms with Gasteiger partial charge in [0.2, 0.25) is 0 Å². The number of likely N-dealkylation sites (N-methyl/N-ethyl adjacent to an activating group) is 1. The molecule has 4 rings (SSSR count). The first-order valence-electron chi connectivity index (χ1n) is 14.9. The van der Waals surface area contributed by atoms with E-state index in [1.54, 1.807) is 25.3 Å². The Hall–Kier alpha value is -3.72. The van der Waals surface area contributed by atoms with E-state index in [4.69, 9.17) is 14.5 Å². The SMILES string of the molecule is Cc1ccc(OCCN(C)c2ccc(-c3cnc(C)c([C@H](OC(C)(C)C)C(=O)O)c3N3CCC(C)(C)CC3)cn2)cc1F. The van der Waals surface area contributed by atoms with Crippen molar-refractivity contribution in [2.24, 2.45) is 5.41 Å². The first-order valence-corrected chi connectivity index (χ1v) is 14.9. The van der Waals surface area contributed by atoms with E-state index in [9.17, 15) is 14.3 Å². The standard InChI is InChI=1S/C34H45FN4O4/c1-22-9-11-25(19-27(22)35)42-18-17-38(8)28-12-10-24(20-37-28)26-21-36-23(2)29(31(32(40)41)43-33(3,4)5)30(26)39-15-13-34(6,7)14-16-39/h9-12,19-21,31H,13-18H2,1-8H3,(H,40,41)/t31-/m0/s1. The van der Waals surface area contributed by atoms with Gasteiger partial charge in [-0.05, 0) is 76.6 Å². The molecule has 0 spiro atoms. The van der Waals surface area contributed by atoms with Gasteiger partial charge in [0.25, 0.3) is 0 Å². The zero-order valence-electron chi connectivity index (χ0n) is 26.7. The molecule has 232 valence electrons. The first kappa shape index (κ1) is 32.2. The van der Waals surface area contributed by atoms with Crippen LogP contribution >= 0.6 is 0 Å². The Bertz CT molecular complexity index is 1430. The number of benzene rings is 1. The zero-order valence-corrected chi connectivity index (χ0v) is 26.7. The second kappa shape index (κ2) is 12.9. The zero-order chi connectivity index (χ0) is 31.5. The van der Waals surface area contributed by atoms with Crippen LogP contribution in [-0.2, 0) is 9.53 Å². The Kier molecular flexibility index (Phi) is 9.64. The molecule has 3 heterocycles. The highest BCUT2D eigenvalue weighted by atomic mass is 19.1. The van der Waals surface area contributed by atoms with Crippen molar-refractivity contribution < 1.29 is 23.8 Å². The van der Waals surface area contributed by atoms with Crippen LogP contribution in [0.4, 0.5) is 15.9 Å². The summed E-state index contributed by atoms with van der Waals surface area (Å²) in [5.74, 6) is -0.0832. The minimum absolute atomic E-state index is 0.220. The molecule has 9 heteroatoms. The molecule has 1 saturated heterocycles. The summed E-state index contributed by atoms with van der Waals surface area (Å²) in [5.41, 5.74) is 3.88. The molecule has 0 unspecified atom stereocenters. The van der Waals surface area contributed by atoms with Gasteiger partial charge in [0.15, 0.2) is 6.10 Å². The lowest BCUT2D eigenvalue weighted by Crippen LogP contribution is -2.39. The fourth-order valence-electron chi connectivity index (χ4n) is 5.25. The molecular weight excluding hydrogens is 547 g/mol. The summed E-state index contributed by atoms with van der Waals surface area (Å²) in [7, 11) is 1.93. The van der Waals surface area contributed by atoms with Gasteiger partial charge in [-0.2, -0.15) is 0 Å². The van der Waals surface area contributed by atoms with E-state index in [1.165, 1.54) is 6.07 Å². The molecule has 1 atom stereocenters. The molecule has 1 fully saturated rings. The van der Waals surface area contributed by atoms with Gasteiger partial charge in [0.1, 0.15) is 24.0 Å². The Balaban J connectivity index is 1.63. The highest BCUT2D eigenvalue weighted by Gasteiger charge is 2.35. The third kappa shape index (κ3) is 8.02. The lowest BCUT2D eigenvalue weighted by Gasteiger charge is -2.41. The highest BCUT2D eigenvalue weighted by molar-refractivity contribution is 5.86. The molecule has 1 N–H and O–H groups in total. The van der Waals surface area contributed by atoms with Crippen molar-refractivity contribution in [1.29, 1.82) is 0 Å². The second-order valence-corrected chi connectivity index (χ2v) is 13.2. The van der Waals surface area contributed by atoms with E-state index in [0.717, 1.165) is 48.6 Å². The van der Waals surface area contributed by atoms with Crippen molar-refractivity contribution in [3.05, 3.63) is 65.4 Å². The van der Waals surface area contributed by atoms with Gasteiger partial charge in [-0.25, -0.2) is 14.2 Å². The number of carboxylic acids is 1. The number of aromatic nitrogens is 2. The van der Waals surface area contributed by atoms with Crippen LogP contribution in [0.15, 0.2) is 42.7 Å². The maximum atomic E-state index is 13.8. The minimum Gasteiger partial charge on any atom is -0.492 e. The molecule has 2 aromatic heterocycles. The molecule has 0 radical (unpaired) electrons. The largest absolute Gasteiger partial charge is 0.492 e. The highest BCUT2D eigenvalue weighted by Crippen LogP contribution is 2.43. The summed E-state index contributed by atoms with van der Waals surface area (Å²) in [6, 6.07) is 8.78. The lowest BCUT2D eigenvalue weighted by molar-refractivity contribution is -0.160. The maximum absolute atomic E-state index is 13.8. The van der Waals surface area contributed by atoms with Crippen LogP contribution in [0.5, 0.6) is 5.75 Å². The Labute approximate surface area is 254 Å². The number of hydrogen-bond acceptors (Lipinski definition) is 7. The van der Waals surface area contributed by atoms with Crippen LogP contribution in [0.25, 0.3) is 11.1 Å². The smallest absolute Gasteiger partial charge is 0.337 e. The number of ether oxygens (including phenoxy) is 2. The number of hydrogen-bond donors (Lipinski definition) is 1. The first-order chi connectivity index (χ1) is 20.1. The third-order valence-corrected chi connectivity index (χ3v) is 7.97. The number of rotatable bonds is 10. The number of aliphatic carboxylic acids is 1. The van der Waals surface area contributed by atoms with E-state index in [-0.39, 0.29) is 11.2 Å². The van der Waals surface area contributed by atoms with Crippen LogP contribution in [0.3, 0.4) is 0 Å². The monoisotopic (exact) mass is 592 g/mol. The fourth-order valence-corrected chi connectivity index (χ4v) is 5.25. The van der Waals surface area contributed by atoms with E-state index in [0.29, 0.717) is 35.7 Å². The summed E-state index contributed by atoms with van der Waals surface area (Å²) >= 11 is 0. The maximum Gasteiger partial charge on any atom is 0.337 e. The number of piperidine rings is 1. The molecule has 1 aliphatic heterocycles. The average Bonchev–Trinajstić information content (AvgIpc) is 2.93. The number of carbonyl (C=O) groups is 1. The van der Waals surface area contributed by atoms with Crippen molar-refractivity contribution in [2.45, 2.75) is 73.0 Å². The molecule has 43 heavy (non-hydrogen) atoms. The Morgan fingerprint density at radius 1 is 1.12 bits per heavy atom. The summed E-state index contributed by atoms with van der Waals surface area (Å²) in [4.78, 5) is 26.3. The molecular formula is C34H45FN4O4. The van der Waals surface area contributed by atoms with E-state index in [2.05, 4.69) is 23.7 Å². The molecule has 0 bridgehead atoms. The minimum atomic E-state index is -1.17. The molecule has 8 nitrogen and oxygen atoms in total. The number of aryl methyl sites for hydroxylation is 2. The normalized spacial score (nSPS) is 15.7. The average molecular weight is 593 g/mol. The second-order valence-electron chi connectivity index (χ2n) is 13.2. The Morgan fingerprint density at radius 2 is 1.81 bits per heavy atom. The fraction of sp³-hybridized carbons (Fsp3) is 0.500. The number of nitrogens with zero attached hydrogens (tertiary/aromatic N) is 4. The van der Waals surface area contributed by atoms with Gasteiger partial charge in [-0.1, -0.05) is 19.9 Å². The van der Waals surface area contributed by atoms with Crippen molar-refractivity contribution in [3.8, 4) is 16.9 Å². The van der Waals surface area contributed by atoms with Crippen molar-refractivity contribution >= 4 is 17.5 Å². The summed E-state index contributed by atoms with van der Waals surface area (Å²) in [5, 5.41) is 10.3. The summed E-state index contributed by atoms with van der Waals surface area (Å²) < 4.78 is 25.7. The molecule has 3 aromatic rings. The van der Waals surface area contributed by atoms with E-state index >= 15 is 0 Å². The summed E-state index contributed by atoms with van der Waals surface area (Å²) in [6.07, 6.45) is 4.43. The van der Waals surface area contributed by atoms with Crippen LogP contribution in [-0.4, -0.2) is 59.9 Å². The molecule has 1 aromatic carbocycles. The van der Waals surface area contributed by atoms with E-state index < -0.39 is 17.7 Å². The van der Waals surface area contributed by atoms with Gasteiger partial charge in [0.05, 0.1) is 17.8 Å². The van der Waals surface area contributed by atoms with Gasteiger partial charge < -0.3 is 24.4 Å². The topological polar surface area (TPSA) is 88.0 Å². The lowest BCUT2D eigenvalue weighted by atomic mass is 9.82. The van der Waals surface area contributed by atoms with Crippen LogP contribution in [0.2, 0.25) is 0 Å². The summed E-state index contributed by atoms with van der Waals surface area (Å²) in [6.45, 7) is 16.2. The predicted octanol–water partition coefficient (Wildman–Crippen LogP) is 6.98. The number of carboxylic acid groups (broad SMARTS) is 1. The molecule has 1 aliphatic rings. The van der Waals surface area contributed by atoms with Crippen molar-refractivity contribution in [1.82, 2.24) is 9.97 Å². The van der Waals surface area contributed by atoms with E-state index in [1.807, 2.05) is 58.0 Å².